The first-order chi connectivity index (χ1) is 7.45. The molecule has 1 atom stereocenters. The zero-order valence-corrected chi connectivity index (χ0v) is 12.2. The fourth-order valence-corrected chi connectivity index (χ4v) is 2.33. The maximum atomic E-state index is 8.53. The number of aliphatic hydroxyl groups is 1. The number of methoxy groups -OCH3 is 1. The van der Waals surface area contributed by atoms with Crippen LogP contribution in [-0.4, -0.2) is 54.3 Å². The van der Waals surface area contributed by atoms with E-state index < -0.39 is 8.56 Å². The third-order valence-electron chi connectivity index (χ3n) is 2.08. The van der Waals surface area contributed by atoms with Crippen molar-refractivity contribution >= 4 is 8.56 Å². The van der Waals surface area contributed by atoms with Crippen LogP contribution in [0.1, 0.15) is 13.3 Å². The molecule has 5 nitrogen and oxygen atoms in total. The SMILES string of the molecule is COCC(C)N.CO[Si](C)(CCCO)OC. The molecule has 0 aromatic carbocycles. The molecule has 1 unspecified atom stereocenters. The van der Waals surface area contributed by atoms with Crippen LogP contribution in [0, 0.1) is 0 Å². The Morgan fingerprint density at radius 2 is 1.75 bits per heavy atom. The van der Waals surface area contributed by atoms with E-state index in [1.807, 2.05) is 13.5 Å². The molecular weight excluding hydrogens is 226 g/mol. The zero-order valence-electron chi connectivity index (χ0n) is 11.2. The molecule has 0 aliphatic carbocycles. The molecule has 0 rings (SSSR count). The van der Waals surface area contributed by atoms with E-state index in [4.69, 9.17) is 19.7 Å². The molecule has 0 radical (unpaired) electrons. The highest BCUT2D eigenvalue weighted by atomic mass is 28.4. The highest BCUT2D eigenvalue weighted by molar-refractivity contribution is 6.65. The highest BCUT2D eigenvalue weighted by Gasteiger charge is 2.27. The van der Waals surface area contributed by atoms with E-state index >= 15 is 0 Å². The summed E-state index contributed by atoms with van der Waals surface area (Å²) in [5, 5.41) is 8.53. The number of rotatable bonds is 7. The van der Waals surface area contributed by atoms with Gasteiger partial charge in [-0.2, -0.15) is 0 Å². The van der Waals surface area contributed by atoms with Crippen LogP contribution in [-0.2, 0) is 13.6 Å². The molecule has 0 aromatic rings. The predicted molar refractivity (Wildman–Crippen MR) is 67.7 cm³/mol. The van der Waals surface area contributed by atoms with E-state index in [0.717, 1.165) is 12.5 Å². The molecular formula is C10H27NO4Si. The molecule has 0 saturated heterocycles. The molecule has 0 amide bonds. The van der Waals surface area contributed by atoms with Gasteiger partial charge in [0.15, 0.2) is 0 Å². The normalized spacial score (nSPS) is 12.9. The number of nitrogens with two attached hydrogens (primary N) is 1. The Balaban J connectivity index is 0. The van der Waals surface area contributed by atoms with E-state index in [0.29, 0.717) is 6.61 Å². The van der Waals surface area contributed by atoms with Gasteiger partial charge in [0.1, 0.15) is 0 Å². The van der Waals surface area contributed by atoms with Crippen molar-refractivity contribution in [1.29, 1.82) is 0 Å². The lowest BCUT2D eigenvalue weighted by Crippen LogP contribution is -2.35. The Kier molecular flexibility index (Phi) is 13.2. The van der Waals surface area contributed by atoms with Crippen molar-refractivity contribution in [2.75, 3.05) is 34.5 Å². The lowest BCUT2D eigenvalue weighted by molar-refractivity contribution is 0.185. The van der Waals surface area contributed by atoms with Crippen LogP contribution in [0.5, 0.6) is 0 Å². The quantitative estimate of drug-likeness (QED) is 0.654. The Bertz CT molecular complexity index is 143. The fourth-order valence-electron chi connectivity index (χ4n) is 0.951. The standard InChI is InChI=1S/C6H16O3Si.C4H11NO/c1-8-10(3,9-2)6-4-5-7;1-4(5)3-6-2/h7H,4-6H2,1-3H3;4H,3,5H2,1-2H3. The van der Waals surface area contributed by atoms with Crippen LogP contribution in [0.4, 0.5) is 0 Å². The van der Waals surface area contributed by atoms with Crippen molar-refractivity contribution in [3.8, 4) is 0 Å². The molecule has 0 aromatic heterocycles. The van der Waals surface area contributed by atoms with Gasteiger partial charge in [0.25, 0.3) is 0 Å². The summed E-state index contributed by atoms with van der Waals surface area (Å²) in [6.45, 7) is 4.77. The number of aliphatic hydroxyl groups excluding tert-OH is 1. The van der Waals surface area contributed by atoms with Crippen molar-refractivity contribution in [2.24, 2.45) is 5.73 Å². The second kappa shape index (κ2) is 11.5. The van der Waals surface area contributed by atoms with Crippen molar-refractivity contribution in [2.45, 2.75) is 32.0 Å². The first kappa shape index (κ1) is 18.4. The maximum Gasteiger partial charge on any atom is 0.334 e. The molecule has 6 heteroatoms. The highest BCUT2D eigenvalue weighted by Crippen LogP contribution is 2.12. The minimum absolute atomic E-state index is 0.176. The van der Waals surface area contributed by atoms with Gasteiger partial charge in [-0.05, 0) is 25.9 Å². The predicted octanol–water partition coefficient (Wildman–Crippen LogP) is 0.714. The van der Waals surface area contributed by atoms with Gasteiger partial charge in [-0.15, -0.1) is 0 Å². The van der Waals surface area contributed by atoms with Gasteiger partial charge >= 0.3 is 8.56 Å². The maximum absolute atomic E-state index is 8.53. The third-order valence-corrected chi connectivity index (χ3v) is 5.07. The Hall–Kier alpha value is 0.0169. The fraction of sp³-hybridized carbons (Fsp3) is 1.00. The summed E-state index contributed by atoms with van der Waals surface area (Å²) < 4.78 is 15.1. The van der Waals surface area contributed by atoms with Gasteiger partial charge in [-0.3, -0.25) is 0 Å². The summed E-state index contributed by atoms with van der Waals surface area (Å²) in [6, 6.07) is 1.03. The second-order valence-corrected chi connectivity index (χ2v) is 7.39. The molecule has 0 bridgehead atoms. The lowest BCUT2D eigenvalue weighted by Gasteiger charge is -2.21. The molecule has 16 heavy (non-hydrogen) atoms. The minimum Gasteiger partial charge on any atom is -0.398 e. The molecule has 0 spiro atoms. The second-order valence-electron chi connectivity index (χ2n) is 3.80. The van der Waals surface area contributed by atoms with Crippen LogP contribution >= 0.6 is 0 Å². The Labute approximate surface area is 100 Å². The molecule has 0 saturated carbocycles. The summed E-state index contributed by atoms with van der Waals surface area (Å²) in [6.07, 6.45) is 0.768. The first-order valence-corrected chi connectivity index (χ1v) is 7.93. The average Bonchev–Trinajstić information content (AvgIpc) is 2.26. The zero-order chi connectivity index (χ0) is 13.0. The van der Waals surface area contributed by atoms with E-state index in [-0.39, 0.29) is 12.6 Å². The Morgan fingerprint density at radius 1 is 1.25 bits per heavy atom. The lowest BCUT2D eigenvalue weighted by atomic mass is 10.4. The van der Waals surface area contributed by atoms with Crippen LogP contribution in [0.25, 0.3) is 0 Å². The summed E-state index contributed by atoms with van der Waals surface area (Å²) >= 11 is 0. The summed E-state index contributed by atoms with van der Waals surface area (Å²) in [5.74, 6) is 0. The summed E-state index contributed by atoms with van der Waals surface area (Å²) in [5.41, 5.74) is 5.28. The van der Waals surface area contributed by atoms with Crippen molar-refractivity contribution in [3.63, 3.8) is 0 Å². The molecule has 0 fully saturated rings. The number of hydrogen-bond donors (Lipinski definition) is 2. The molecule has 0 heterocycles. The van der Waals surface area contributed by atoms with E-state index in [1.54, 1.807) is 21.3 Å². The minimum atomic E-state index is -1.88. The van der Waals surface area contributed by atoms with E-state index in [2.05, 4.69) is 4.74 Å². The smallest absolute Gasteiger partial charge is 0.334 e. The van der Waals surface area contributed by atoms with Crippen LogP contribution in [0.15, 0.2) is 0 Å². The average molecular weight is 253 g/mol. The van der Waals surface area contributed by atoms with Crippen LogP contribution < -0.4 is 5.73 Å². The largest absolute Gasteiger partial charge is 0.398 e. The molecule has 3 N–H and O–H groups in total. The van der Waals surface area contributed by atoms with Gasteiger partial charge in [-0.25, -0.2) is 0 Å². The topological polar surface area (TPSA) is 73.9 Å². The van der Waals surface area contributed by atoms with Gasteiger partial charge in [-0.1, -0.05) is 0 Å². The first-order valence-electron chi connectivity index (χ1n) is 5.41. The van der Waals surface area contributed by atoms with Crippen molar-refractivity contribution in [3.05, 3.63) is 0 Å². The Morgan fingerprint density at radius 3 is 1.94 bits per heavy atom. The number of ether oxygens (including phenoxy) is 1. The van der Waals surface area contributed by atoms with Gasteiger partial charge in [0.2, 0.25) is 0 Å². The summed E-state index contributed by atoms with van der Waals surface area (Å²) in [4.78, 5) is 0. The third kappa shape index (κ3) is 12.1. The van der Waals surface area contributed by atoms with Gasteiger partial charge in [0, 0.05) is 34.0 Å². The molecule has 0 aliphatic heterocycles. The van der Waals surface area contributed by atoms with Crippen molar-refractivity contribution in [1.82, 2.24) is 0 Å². The molecule has 0 aliphatic rings. The summed E-state index contributed by atoms with van der Waals surface area (Å²) in [7, 11) is 3.08. The van der Waals surface area contributed by atoms with E-state index in [9.17, 15) is 0 Å². The molecule has 100 valence electrons. The van der Waals surface area contributed by atoms with Gasteiger partial charge < -0.3 is 24.4 Å². The van der Waals surface area contributed by atoms with Crippen LogP contribution in [0.3, 0.4) is 0 Å². The van der Waals surface area contributed by atoms with Gasteiger partial charge in [0.05, 0.1) is 6.61 Å². The van der Waals surface area contributed by atoms with E-state index in [1.165, 1.54) is 0 Å². The van der Waals surface area contributed by atoms with Crippen LogP contribution in [0.2, 0.25) is 12.6 Å². The number of hydrogen-bond acceptors (Lipinski definition) is 5. The van der Waals surface area contributed by atoms with Crippen molar-refractivity contribution < 1.29 is 18.7 Å². The monoisotopic (exact) mass is 253 g/mol.